The Balaban J connectivity index is 1.83. The molecule has 3 aromatic rings. The van der Waals surface area contributed by atoms with Crippen molar-refractivity contribution >= 4 is 11.6 Å². The van der Waals surface area contributed by atoms with Crippen molar-refractivity contribution in [2.75, 3.05) is 19.5 Å². The third kappa shape index (κ3) is 3.49. The highest BCUT2D eigenvalue weighted by atomic mass is 16.5. The molecule has 0 bridgehead atoms. The molecule has 2 aromatic carbocycles. The van der Waals surface area contributed by atoms with Gasteiger partial charge in [0.2, 0.25) is 0 Å². The number of hydrogen-bond acceptors (Lipinski definition) is 5. The van der Waals surface area contributed by atoms with Gasteiger partial charge in [-0.25, -0.2) is 0 Å². The van der Waals surface area contributed by atoms with Gasteiger partial charge < -0.3 is 14.8 Å². The van der Waals surface area contributed by atoms with Crippen molar-refractivity contribution in [2.24, 2.45) is 0 Å². The van der Waals surface area contributed by atoms with Crippen LogP contribution in [-0.4, -0.2) is 30.3 Å². The molecule has 0 atom stereocenters. The highest BCUT2D eigenvalue weighted by Gasteiger charge is 2.15. The Morgan fingerprint density at radius 1 is 1.15 bits per heavy atom. The molecule has 3 rings (SSSR count). The van der Waals surface area contributed by atoms with Crippen LogP contribution in [0.4, 0.5) is 5.69 Å². The normalized spacial score (nSPS) is 10.0. The van der Waals surface area contributed by atoms with Crippen molar-refractivity contribution in [1.82, 2.24) is 10.2 Å². The predicted molar refractivity (Wildman–Crippen MR) is 96.2 cm³/mol. The molecule has 0 saturated heterocycles. The number of carbonyl (C=O) groups is 1. The van der Waals surface area contributed by atoms with Gasteiger partial charge in [0.15, 0.2) is 0 Å². The van der Waals surface area contributed by atoms with E-state index in [4.69, 9.17) is 14.7 Å². The molecule has 0 aliphatic rings. The van der Waals surface area contributed by atoms with Crippen LogP contribution in [0.25, 0.3) is 11.3 Å². The highest BCUT2D eigenvalue weighted by Crippen LogP contribution is 2.32. The van der Waals surface area contributed by atoms with Crippen molar-refractivity contribution in [3.63, 3.8) is 0 Å². The number of benzene rings is 2. The molecular weight excluding hydrogens is 332 g/mol. The van der Waals surface area contributed by atoms with Crippen LogP contribution in [0, 0.1) is 11.3 Å². The van der Waals surface area contributed by atoms with E-state index < -0.39 is 0 Å². The summed E-state index contributed by atoms with van der Waals surface area (Å²) in [5, 5.41) is 18.6. The van der Waals surface area contributed by atoms with Crippen molar-refractivity contribution in [2.45, 2.75) is 0 Å². The van der Waals surface area contributed by atoms with Crippen LogP contribution in [0.5, 0.6) is 11.5 Å². The number of amides is 1. The van der Waals surface area contributed by atoms with Crippen molar-refractivity contribution in [1.29, 1.82) is 5.26 Å². The van der Waals surface area contributed by atoms with Crippen LogP contribution in [0.2, 0.25) is 0 Å². The maximum atomic E-state index is 12.4. The van der Waals surface area contributed by atoms with Gasteiger partial charge in [0.25, 0.3) is 5.91 Å². The van der Waals surface area contributed by atoms with Gasteiger partial charge in [-0.05, 0) is 36.4 Å². The minimum atomic E-state index is -0.355. The molecule has 26 heavy (non-hydrogen) atoms. The van der Waals surface area contributed by atoms with E-state index in [0.717, 1.165) is 5.56 Å². The van der Waals surface area contributed by atoms with E-state index >= 15 is 0 Å². The number of aromatic amines is 1. The van der Waals surface area contributed by atoms with Crippen LogP contribution in [0.1, 0.15) is 16.1 Å². The molecule has 7 heteroatoms. The summed E-state index contributed by atoms with van der Waals surface area (Å²) >= 11 is 0. The first-order valence-electron chi connectivity index (χ1n) is 7.74. The van der Waals surface area contributed by atoms with E-state index in [1.807, 2.05) is 12.1 Å². The van der Waals surface area contributed by atoms with Crippen LogP contribution in [-0.2, 0) is 0 Å². The first-order valence-corrected chi connectivity index (χ1v) is 7.74. The average molecular weight is 348 g/mol. The summed E-state index contributed by atoms with van der Waals surface area (Å²) in [6.07, 6.45) is 0. The van der Waals surface area contributed by atoms with Crippen LogP contribution in [0.15, 0.2) is 48.5 Å². The van der Waals surface area contributed by atoms with Crippen molar-refractivity contribution in [3.8, 4) is 28.8 Å². The Labute approximate surface area is 150 Å². The number of hydrogen-bond donors (Lipinski definition) is 2. The van der Waals surface area contributed by atoms with Gasteiger partial charge in [0.05, 0.1) is 31.5 Å². The first-order chi connectivity index (χ1) is 12.6. The fourth-order valence-corrected chi connectivity index (χ4v) is 2.45. The molecule has 130 valence electrons. The van der Waals surface area contributed by atoms with Crippen molar-refractivity contribution in [3.05, 3.63) is 59.8 Å². The smallest absolute Gasteiger partial charge is 0.273 e. The van der Waals surface area contributed by atoms with Gasteiger partial charge >= 0.3 is 0 Å². The Hall–Kier alpha value is -3.79. The molecular formula is C19H16N4O3. The summed E-state index contributed by atoms with van der Waals surface area (Å²) in [4.78, 5) is 12.4. The molecule has 0 fully saturated rings. The molecule has 0 saturated carbocycles. The second-order valence-electron chi connectivity index (χ2n) is 5.38. The number of aromatic nitrogens is 2. The van der Waals surface area contributed by atoms with Gasteiger partial charge in [0.1, 0.15) is 17.2 Å². The van der Waals surface area contributed by atoms with Gasteiger partial charge in [-0.3, -0.25) is 9.89 Å². The molecule has 1 amide bonds. The molecule has 0 radical (unpaired) electrons. The zero-order valence-electron chi connectivity index (χ0n) is 14.2. The SMILES string of the molecule is COc1ccc(-c2cc(C(=O)Nc3cccc(C#N)c3)[nH]n2)c(OC)c1. The number of ether oxygens (including phenoxy) is 2. The van der Waals surface area contributed by atoms with E-state index in [-0.39, 0.29) is 5.91 Å². The Morgan fingerprint density at radius 2 is 2.00 bits per heavy atom. The quantitative estimate of drug-likeness (QED) is 0.737. The number of carbonyl (C=O) groups excluding carboxylic acids is 1. The fourth-order valence-electron chi connectivity index (χ4n) is 2.45. The molecule has 0 unspecified atom stereocenters. The lowest BCUT2D eigenvalue weighted by molar-refractivity contribution is 0.102. The van der Waals surface area contributed by atoms with E-state index in [0.29, 0.717) is 34.1 Å². The van der Waals surface area contributed by atoms with Gasteiger partial charge in [-0.1, -0.05) is 6.07 Å². The van der Waals surface area contributed by atoms with Crippen LogP contribution >= 0.6 is 0 Å². The summed E-state index contributed by atoms with van der Waals surface area (Å²) in [6, 6.07) is 15.7. The number of H-pyrrole nitrogens is 1. The minimum Gasteiger partial charge on any atom is -0.497 e. The van der Waals surface area contributed by atoms with Crippen molar-refractivity contribution < 1.29 is 14.3 Å². The third-order valence-corrected chi connectivity index (χ3v) is 3.76. The van der Waals surface area contributed by atoms with E-state index in [9.17, 15) is 4.79 Å². The Kier molecular flexibility index (Phi) is 4.85. The maximum Gasteiger partial charge on any atom is 0.273 e. The summed E-state index contributed by atoms with van der Waals surface area (Å²) < 4.78 is 10.5. The molecule has 0 aliphatic heterocycles. The van der Waals surface area contributed by atoms with Crippen LogP contribution in [0.3, 0.4) is 0 Å². The third-order valence-electron chi connectivity index (χ3n) is 3.76. The summed E-state index contributed by atoms with van der Waals surface area (Å²) in [5.41, 5.74) is 2.60. The van der Waals surface area contributed by atoms with E-state index in [2.05, 4.69) is 15.5 Å². The lowest BCUT2D eigenvalue weighted by Crippen LogP contribution is -2.12. The topological polar surface area (TPSA) is 100 Å². The molecule has 1 heterocycles. The number of nitrogens with one attached hydrogen (secondary N) is 2. The fraction of sp³-hybridized carbons (Fsp3) is 0.105. The summed E-state index contributed by atoms with van der Waals surface area (Å²) in [5.74, 6) is 0.896. The average Bonchev–Trinajstić information content (AvgIpc) is 3.17. The number of anilines is 1. The molecule has 7 nitrogen and oxygen atoms in total. The predicted octanol–water partition coefficient (Wildman–Crippen LogP) is 3.22. The summed E-state index contributed by atoms with van der Waals surface area (Å²) in [7, 11) is 3.13. The monoisotopic (exact) mass is 348 g/mol. The molecule has 2 N–H and O–H groups in total. The number of methoxy groups -OCH3 is 2. The zero-order chi connectivity index (χ0) is 18.5. The first kappa shape index (κ1) is 17.0. The van der Waals surface area contributed by atoms with Gasteiger partial charge in [-0.15, -0.1) is 0 Å². The van der Waals surface area contributed by atoms with E-state index in [1.165, 1.54) is 0 Å². The van der Waals surface area contributed by atoms with Crippen LogP contribution < -0.4 is 14.8 Å². The molecule has 0 aliphatic carbocycles. The minimum absolute atomic E-state index is 0.292. The second kappa shape index (κ2) is 7.40. The lowest BCUT2D eigenvalue weighted by atomic mass is 10.1. The largest absolute Gasteiger partial charge is 0.497 e. The maximum absolute atomic E-state index is 12.4. The lowest BCUT2D eigenvalue weighted by Gasteiger charge is -2.08. The summed E-state index contributed by atoms with van der Waals surface area (Å²) in [6.45, 7) is 0. The highest BCUT2D eigenvalue weighted by molar-refractivity contribution is 6.03. The number of rotatable bonds is 5. The second-order valence-corrected chi connectivity index (χ2v) is 5.38. The van der Waals surface area contributed by atoms with Gasteiger partial charge in [-0.2, -0.15) is 10.4 Å². The molecule has 1 aromatic heterocycles. The standard InChI is InChI=1S/C19H16N4O3/c1-25-14-6-7-15(18(9-14)26-2)16-10-17(23-22-16)19(24)21-13-5-3-4-12(8-13)11-20/h3-10H,1-2H3,(H,21,24)(H,22,23). The molecule has 0 spiro atoms. The van der Waals surface area contributed by atoms with Gasteiger partial charge in [0, 0.05) is 17.3 Å². The Bertz CT molecular complexity index is 988. The number of nitrogens with zero attached hydrogens (tertiary/aromatic N) is 2. The van der Waals surface area contributed by atoms with E-state index in [1.54, 1.807) is 56.7 Å². The zero-order valence-corrected chi connectivity index (χ0v) is 14.2. The Morgan fingerprint density at radius 3 is 2.73 bits per heavy atom. The number of nitriles is 1.